The van der Waals surface area contributed by atoms with Gasteiger partial charge in [0.05, 0.1) is 12.2 Å². The Kier molecular flexibility index (Phi) is 3.60. The molecule has 0 aromatic heterocycles. The lowest BCUT2D eigenvalue weighted by molar-refractivity contribution is -0.131. The summed E-state index contributed by atoms with van der Waals surface area (Å²) in [6, 6.07) is 0. The first-order valence-corrected chi connectivity index (χ1v) is 6.66. The van der Waals surface area contributed by atoms with E-state index < -0.39 is 0 Å². The van der Waals surface area contributed by atoms with Crippen LogP contribution < -0.4 is 0 Å². The maximum absolute atomic E-state index is 12.1. The van der Waals surface area contributed by atoms with Crippen molar-refractivity contribution < 1.29 is 14.3 Å². The molecule has 0 bridgehead atoms. The highest BCUT2D eigenvalue weighted by Gasteiger charge is 2.41. The molecule has 0 amide bonds. The second-order valence-electron chi connectivity index (χ2n) is 6.57. The zero-order valence-electron chi connectivity index (χ0n) is 11.3. The van der Waals surface area contributed by atoms with Crippen LogP contribution in [-0.2, 0) is 14.3 Å². The Morgan fingerprint density at radius 2 is 2.12 bits per heavy atom. The van der Waals surface area contributed by atoms with Crippen molar-refractivity contribution in [3.05, 3.63) is 0 Å². The standard InChI is InChI=1S/C14H24O3/c1-13(2,3)12(15)8-11-4-6-17-14(9-11)5-7-16-10-14/h11H,4-10H2,1-3H3. The average molecular weight is 240 g/mol. The highest BCUT2D eigenvalue weighted by atomic mass is 16.6. The maximum atomic E-state index is 12.1. The van der Waals surface area contributed by atoms with Gasteiger partial charge in [-0.1, -0.05) is 20.8 Å². The van der Waals surface area contributed by atoms with E-state index in [0.717, 1.165) is 32.5 Å². The molecule has 0 aliphatic carbocycles. The number of carbonyl (C=O) groups excluding carboxylic acids is 1. The van der Waals surface area contributed by atoms with Crippen molar-refractivity contribution in [1.29, 1.82) is 0 Å². The quantitative estimate of drug-likeness (QED) is 0.744. The molecule has 2 heterocycles. The molecule has 1 spiro atoms. The summed E-state index contributed by atoms with van der Waals surface area (Å²) < 4.78 is 11.3. The number of Topliss-reactive ketones (excluding diaryl/α,β-unsaturated/α-hetero) is 1. The topological polar surface area (TPSA) is 35.5 Å². The van der Waals surface area contributed by atoms with Crippen molar-refractivity contribution in [2.24, 2.45) is 11.3 Å². The van der Waals surface area contributed by atoms with Crippen molar-refractivity contribution in [2.45, 2.75) is 52.1 Å². The Morgan fingerprint density at radius 1 is 1.35 bits per heavy atom. The fourth-order valence-corrected chi connectivity index (χ4v) is 2.74. The monoisotopic (exact) mass is 240 g/mol. The molecule has 3 heteroatoms. The number of ether oxygens (including phenoxy) is 2. The van der Waals surface area contributed by atoms with Crippen LogP contribution in [0.4, 0.5) is 0 Å². The van der Waals surface area contributed by atoms with Crippen LogP contribution >= 0.6 is 0 Å². The van der Waals surface area contributed by atoms with Gasteiger partial charge in [0.25, 0.3) is 0 Å². The summed E-state index contributed by atoms with van der Waals surface area (Å²) in [5.74, 6) is 0.857. The van der Waals surface area contributed by atoms with Crippen molar-refractivity contribution in [3.8, 4) is 0 Å². The average Bonchev–Trinajstić information content (AvgIpc) is 2.65. The predicted molar refractivity (Wildman–Crippen MR) is 65.9 cm³/mol. The molecule has 2 unspecified atom stereocenters. The van der Waals surface area contributed by atoms with E-state index in [1.807, 2.05) is 20.8 Å². The van der Waals surface area contributed by atoms with Crippen LogP contribution in [-0.4, -0.2) is 31.2 Å². The Balaban J connectivity index is 1.92. The number of hydrogen-bond acceptors (Lipinski definition) is 3. The maximum Gasteiger partial charge on any atom is 0.138 e. The lowest BCUT2D eigenvalue weighted by Gasteiger charge is -2.37. The van der Waals surface area contributed by atoms with Gasteiger partial charge in [-0.15, -0.1) is 0 Å². The first-order chi connectivity index (χ1) is 7.91. The van der Waals surface area contributed by atoms with Crippen molar-refractivity contribution >= 4 is 5.78 Å². The molecule has 2 aliphatic heterocycles. The van der Waals surface area contributed by atoms with Crippen molar-refractivity contribution in [2.75, 3.05) is 19.8 Å². The molecule has 3 nitrogen and oxygen atoms in total. The van der Waals surface area contributed by atoms with E-state index in [1.54, 1.807) is 0 Å². The molecular formula is C14H24O3. The third-order valence-corrected chi connectivity index (χ3v) is 3.97. The van der Waals surface area contributed by atoms with Gasteiger partial charge >= 0.3 is 0 Å². The molecule has 17 heavy (non-hydrogen) atoms. The highest BCUT2D eigenvalue weighted by Crippen LogP contribution is 2.38. The smallest absolute Gasteiger partial charge is 0.138 e. The van der Waals surface area contributed by atoms with Gasteiger partial charge in [-0.3, -0.25) is 4.79 Å². The summed E-state index contributed by atoms with van der Waals surface area (Å²) in [7, 11) is 0. The third kappa shape index (κ3) is 3.08. The molecule has 0 aromatic rings. The molecule has 2 aliphatic rings. The summed E-state index contributed by atoms with van der Waals surface area (Å²) in [4.78, 5) is 12.1. The van der Waals surface area contributed by atoms with Crippen LogP contribution in [0.3, 0.4) is 0 Å². The SMILES string of the molecule is CC(C)(C)C(=O)CC1CCOC2(CCOC2)C1. The molecule has 2 fully saturated rings. The lowest BCUT2D eigenvalue weighted by Crippen LogP contribution is -2.41. The molecule has 98 valence electrons. The molecule has 0 aromatic carbocycles. The minimum atomic E-state index is -0.211. The fourth-order valence-electron chi connectivity index (χ4n) is 2.74. The predicted octanol–water partition coefficient (Wildman–Crippen LogP) is 2.58. The molecule has 2 saturated heterocycles. The third-order valence-electron chi connectivity index (χ3n) is 3.97. The Labute approximate surface area is 104 Å². The van der Waals surface area contributed by atoms with Crippen molar-refractivity contribution in [3.63, 3.8) is 0 Å². The molecule has 0 radical (unpaired) electrons. The van der Waals surface area contributed by atoms with E-state index in [9.17, 15) is 4.79 Å². The highest BCUT2D eigenvalue weighted by molar-refractivity contribution is 5.83. The van der Waals surface area contributed by atoms with Crippen molar-refractivity contribution in [1.82, 2.24) is 0 Å². The van der Waals surface area contributed by atoms with E-state index in [2.05, 4.69) is 0 Å². The number of carbonyl (C=O) groups is 1. The van der Waals surface area contributed by atoms with Gasteiger partial charge in [0, 0.05) is 31.5 Å². The fraction of sp³-hybridized carbons (Fsp3) is 0.929. The molecule has 0 saturated carbocycles. The van der Waals surface area contributed by atoms with Gasteiger partial charge in [0.2, 0.25) is 0 Å². The molecular weight excluding hydrogens is 216 g/mol. The lowest BCUT2D eigenvalue weighted by atomic mass is 9.78. The van der Waals surface area contributed by atoms with Gasteiger partial charge in [-0.05, 0) is 18.8 Å². The van der Waals surface area contributed by atoms with Crippen LogP contribution in [0.5, 0.6) is 0 Å². The normalized spacial score (nSPS) is 34.2. The van der Waals surface area contributed by atoms with E-state index in [1.165, 1.54) is 0 Å². The van der Waals surface area contributed by atoms with E-state index >= 15 is 0 Å². The summed E-state index contributed by atoms with van der Waals surface area (Å²) in [6.45, 7) is 8.31. The summed E-state index contributed by atoms with van der Waals surface area (Å²) in [5.41, 5.74) is -0.279. The van der Waals surface area contributed by atoms with E-state index in [-0.39, 0.29) is 11.0 Å². The zero-order valence-corrected chi connectivity index (χ0v) is 11.3. The molecule has 2 atom stereocenters. The first kappa shape index (κ1) is 13.0. The van der Waals surface area contributed by atoms with Crippen LogP contribution in [0.15, 0.2) is 0 Å². The van der Waals surface area contributed by atoms with Gasteiger partial charge in [0.1, 0.15) is 5.78 Å². The second kappa shape index (κ2) is 4.69. The van der Waals surface area contributed by atoms with Gasteiger partial charge in [0.15, 0.2) is 0 Å². The number of ketones is 1. The second-order valence-corrected chi connectivity index (χ2v) is 6.57. The van der Waals surface area contributed by atoms with Crippen LogP contribution in [0, 0.1) is 11.3 Å². The Hall–Kier alpha value is -0.410. The molecule has 2 rings (SSSR count). The zero-order chi connectivity index (χ0) is 12.5. The van der Waals surface area contributed by atoms with E-state index in [4.69, 9.17) is 9.47 Å². The largest absolute Gasteiger partial charge is 0.378 e. The van der Waals surface area contributed by atoms with Crippen LogP contribution in [0.25, 0.3) is 0 Å². The first-order valence-electron chi connectivity index (χ1n) is 6.66. The van der Waals surface area contributed by atoms with Gasteiger partial charge in [-0.2, -0.15) is 0 Å². The summed E-state index contributed by atoms with van der Waals surface area (Å²) >= 11 is 0. The Morgan fingerprint density at radius 3 is 2.71 bits per heavy atom. The summed E-state index contributed by atoms with van der Waals surface area (Å²) in [5, 5.41) is 0. The van der Waals surface area contributed by atoms with Gasteiger partial charge < -0.3 is 9.47 Å². The minimum Gasteiger partial charge on any atom is -0.378 e. The number of hydrogen-bond donors (Lipinski definition) is 0. The van der Waals surface area contributed by atoms with E-state index in [0.29, 0.717) is 24.7 Å². The van der Waals surface area contributed by atoms with Crippen LogP contribution in [0.1, 0.15) is 46.5 Å². The summed E-state index contributed by atoms with van der Waals surface area (Å²) in [6.07, 6.45) is 3.71. The molecule has 0 N–H and O–H groups in total. The minimum absolute atomic E-state index is 0.0684. The van der Waals surface area contributed by atoms with Gasteiger partial charge in [-0.25, -0.2) is 0 Å². The number of rotatable bonds is 2. The van der Waals surface area contributed by atoms with Crippen LogP contribution in [0.2, 0.25) is 0 Å². The Bertz CT molecular complexity index is 284.